The average Bonchev–Trinajstić information content (AvgIpc) is 2.75. The molecule has 0 spiro atoms. The Hall–Kier alpha value is -3.12. The molecule has 0 saturated heterocycles. The Balaban J connectivity index is 1.95. The van der Waals surface area contributed by atoms with E-state index in [0.29, 0.717) is 5.75 Å². The minimum atomic E-state index is -4.11. The van der Waals surface area contributed by atoms with Crippen LogP contribution in [0.15, 0.2) is 71.6 Å². The van der Waals surface area contributed by atoms with Crippen molar-refractivity contribution in [3.63, 3.8) is 0 Å². The zero-order chi connectivity index (χ0) is 22.6. The summed E-state index contributed by atoms with van der Waals surface area (Å²) in [7, 11) is -4.11. The van der Waals surface area contributed by atoms with Crippen LogP contribution >= 0.6 is 0 Å². The molecule has 0 heterocycles. The van der Waals surface area contributed by atoms with Crippen LogP contribution < -0.4 is 9.04 Å². The number of amides is 1. The van der Waals surface area contributed by atoms with Crippen LogP contribution in [0.4, 0.5) is 5.69 Å². The number of hydrogen-bond acceptors (Lipinski definition) is 4. The topological polar surface area (TPSA) is 63.7 Å². The van der Waals surface area contributed by atoms with Crippen molar-refractivity contribution in [1.29, 1.82) is 0 Å². The number of nitrogens with zero attached hydrogens (tertiary/aromatic N) is 1. The predicted molar refractivity (Wildman–Crippen MR) is 123 cm³/mol. The van der Waals surface area contributed by atoms with Gasteiger partial charge in [-0.3, -0.25) is 4.79 Å². The molecule has 0 fully saturated rings. The van der Waals surface area contributed by atoms with Crippen LogP contribution in [0.2, 0.25) is 0 Å². The van der Waals surface area contributed by atoms with Crippen LogP contribution in [0.5, 0.6) is 5.75 Å². The number of rotatable bonds is 7. The molecule has 0 bridgehead atoms. The second-order valence-electron chi connectivity index (χ2n) is 7.53. The van der Waals surface area contributed by atoms with Gasteiger partial charge in [0, 0.05) is 0 Å². The standard InChI is InChI=1S/C25H27NO4S/c1-5-21-9-11-22(12-10-21)26(31(28,29)24-14-6-18(2)7-15-24)25(27)17-30-23-13-8-19(3)20(4)16-23/h6-16H,5,17H2,1-4H3. The fourth-order valence-electron chi connectivity index (χ4n) is 3.11. The molecule has 0 aliphatic rings. The number of sulfonamides is 1. The molecule has 5 nitrogen and oxygen atoms in total. The highest BCUT2D eigenvalue weighted by molar-refractivity contribution is 7.93. The third-order valence-corrected chi connectivity index (χ3v) is 6.97. The molecule has 1 amide bonds. The van der Waals surface area contributed by atoms with E-state index in [-0.39, 0.29) is 10.6 Å². The summed E-state index contributed by atoms with van der Waals surface area (Å²) < 4.78 is 33.3. The van der Waals surface area contributed by atoms with E-state index in [1.807, 2.05) is 52.0 Å². The Morgan fingerprint density at radius 3 is 2.10 bits per heavy atom. The maximum atomic E-state index is 13.4. The molecule has 3 aromatic rings. The maximum Gasteiger partial charge on any atom is 0.278 e. The van der Waals surface area contributed by atoms with E-state index in [1.165, 1.54) is 12.1 Å². The molecule has 0 aliphatic heterocycles. The molecule has 0 radical (unpaired) electrons. The minimum absolute atomic E-state index is 0.0530. The van der Waals surface area contributed by atoms with E-state index in [0.717, 1.165) is 33.0 Å². The van der Waals surface area contributed by atoms with Crippen molar-refractivity contribution in [2.24, 2.45) is 0 Å². The highest BCUT2D eigenvalue weighted by atomic mass is 32.2. The molecule has 0 unspecified atom stereocenters. The summed E-state index contributed by atoms with van der Waals surface area (Å²) >= 11 is 0. The maximum absolute atomic E-state index is 13.4. The summed E-state index contributed by atoms with van der Waals surface area (Å²) in [6, 6.07) is 18.9. The van der Waals surface area contributed by atoms with E-state index < -0.39 is 22.5 Å². The number of carbonyl (C=O) groups is 1. The van der Waals surface area contributed by atoms with Gasteiger partial charge in [0.05, 0.1) is 10.6 Å². The fourth-order valence-corrected chi connectivity index (χ4v) is 4.52. The quantitative estimate of drug-likeness (QED) is 0.523. The average molecular weight is 438 g/mol. The van der Waals surface area contributed by atoms with Crippen LogP contribution in [-0.4, -0.2) is 20.9 Å². The van der Waals surface area contributed by atoms with Gasteiger partial charge in [-0.2, -0.15) is 4.31 Å². The summed E-state index contributed by atoms with van der Waals surface area (Å²) in [5.74, 6) is -0.145. The summed E-state index contributed by atoms with van der Waals surface area (Å²) in [5.41, 5.74) is 4.41. The first-order valence-corrected chi connectivity index (χ1v) is 11.6. The first-order valence-electron chi connectivity index (χ1n) is 10.2. The zero-order valence-corrected chi connectivity index (χ0v) is 19.1. The van der Waals surface area contributed by atoms with Crippen LogP contribution in [0.1, 0.15) is 29.2 Å². The van der Waals surface area contributed by atoms with E-state index in [4.69, 9.17) is 4.74 Å². The molecule has 0 aliphatic carbocycles. The Morgan fingerprint density at radius 1 is 0.871 bits per heavy atom. The number of ether oxygens (including phenoxy) is 1. The van der Waals surface area contributed by atoms with Gasteiger partial charge < -0.3 is 4.74 Å². The number of hydrogen-bond donors (Lipinski definition) is 0. The Kier molecular flexibility index (Phi) is 6.81. The lowest BCUT2D eigenvalue weighted by atomic mass is 10.1. The summed E-state index contributed by atoms with van der Waals surface area (Å²) in [5, 5.41) is 0. The molecule has 0 saturated carbocycles. The van der Waals surface area contributed by atoms with E-state index in [1.54, 1.807) is 30.3 Å². The lowest BCUT2D eigenvalue weighted by Crippen LogP contribution is -2.40. The number of aryl methyl sites for hydroxylation is 4. The normalized spacial score (nSPS) is 11.2. The molecule has 162 valence electrons. The Labute approximate surface area is 184 Å². The van der Waals surface area contributed by atoms with Crippen molar-refractivity contribution in [3.8, 4) is 5.75 Å². The summed E-state index contributed by atoms with van der Waals surface area (Å²) in [6.07, 6.45) is 0.814. The van der Waals surface area contributed by atoms with Crippen molar-refractivity contribution in [3.05, 3.63) is 89.0 Å². The molecule has 0 atom stereocenters. The first kappa shape index (κ1) is 22.6. The Morgan fingerprint density at radius 2 is 1.52 bits per heavy atom. The lowest BCUT2D eigenvalue weighted by molar-refractivity contribution is -0.119. The molecule has 0 aromatic heterocycles. The fraction of sp³-hybridized carbons (Fsp3) is 0.240. The highest BCUT2D eigenvalue weighted by Crippen LogP contribution is 2.25. The van der Waals surface area contributed by atoms with E-state index in [2.05, 4.69) is 0 Å². The molecule has 6 heteroatoms. The molecule has 0 N–H and O–H groups in total. The van der Waals surface area contributed by atoms with Crippen molar-refractivity contribution in [1.82, 2.24) is 0 Å². The summed E-state index contributed by atoms with van der Waals surface area (Å²) in [6.45, 7) is 7.43. The molecule has 3 rings (SSSR count). The van der Waals surface area contributed by atoms with Gasteiger partial charge in [-0.05, 0) is 80.3 Å². The van der Waals surface area contributed by atoms with E-state index >= 15 is 0 Å². The van der Waals surface area contributed by atoms with Gasteiger partial charge in [0.2, 0.25) is 0 Å². The van der Waals surface area contributed by atoms with Crippen LogP contribution in [0, 0.1) is 20.8 Å². The van der Waals surface area contributed by atoms with Gasteiger partial charge in [-0.1, -0.05) is 42.8 Å². The van der Waals surface area contributed by atoms with Crippen molar-refractivity contribution in [2.75, 3.05) is 10.9 Å². The molecule has 31 heavy (non-hydrogen) atoms. The van der Waals surface area contributed by atoms with Crippen LogP contribution in [0.3, 0.4) is 0 Å². The van der Waals surface area contributed by atoms with Gasteiger partial charge in [-0.15, -0.1) is 0 Å². The second-order valence-corrected chi connectivity index (χ2v) is 9.32. The third-order valence-electron chi connectivity index (χ3n) is 5.21. The SMILES string of the molecule is CCc1ccc(N(C(=O)COc2ccc(C)c(C)c2)S(=O)(=O)c2ccc(C)cc2)cc1. The van der Waals surface area contributed by atoms with Gasteiger partial charge in [-0.25, -0.2) is 8.42 Å². The first-order chi connectivity index (χ1) is 14.7. The molecular formula is C25H27NO4S. The number of benzene rings is 3. The van der Waals surface area contributed by atoms with Crippen LogP contribution in [-0.2, 0) is 21.2 Å². The summed E-state index contributed by atoms with van der Waals surface area (Å²) in [4.78, 5) is 13.2. The van der Waals surface area contributed by atoms with Crippen molar-refractivity contribution >= 4 is 21.6 Å². The van der Waals surface area contributed by atoms with Gasteiger partial charge >= 0.3 is 0 Å². The van der Waals surface area contributed by atoms with Gasteiger partial charge in [0.25, 0.3) is 15.9 Å². The zero-order valence-electron chi connectivity index (χ0n) is 18.3. The van der Waals surface area contributed by atoms with Gasteiger partial charge in [0.15, 0.2) is 6.61 Å². The minimum Gasteiger partial charge on any atom is -0.484 e. The lowest BCUT2D eigenvalue weighted by Gasteiger charge is -2.23. The molecule has 3 aromatic carbocycles. The van der Waals surface area contributed by atoms with Gasteiger partial charge in [0.1, 0.15) is 5.75 Å². The van der Waals surface area contributed by atoms with E-state index in [9.17, 15) is 13.2 Å². The number of anilines is 1. The predicted octanol–water partition coefficient (Wildman–Crippen LogP) is 4.98. The van der Waals surface area contributed by atoms with Crippen LogP contribution in [0.25, 0.3) is 0 Å². The highest BCUT2D eigenvalue weighted by Gasteiger charge is 2.31. The Bertz CT molecular complexity index is 1170. The third kappa shape index (κ3) is 5.14. The molecular weight excluding hydrogens is 410 g/mol. The van der Waals surface area contributed by atoms with Crippen molar-refractivity contribution < 1.29 is 17.9 Å². The second kappa shape index (κ2) is 9.35. The number of carbonyl (C=O) groups excluding carboxylic acids is 1. The largest absolute Gasteiger partial charge is 0.484 e. The van der Waals surface area contributed by atoms with Crippen molar-refractivity contribution in [2.45, 2.75) is 39.0 Å². The monoisotopic (exact) mass is 437 g/mol. The smallest absolute Gasteiger partial charge is 0.278 e.